The third-order valence-electron chi connectivity index (χ3n) is 7.30. The van der Waals surface area contributed by atoms with Gasteiger partial charge < -0.3 is 14.7 Å². The minimum Gasteiger partial charge on any atom is -0.396 e. The third kappa shape index (κ3) is 2.55. The van der Waals surface area contributed by atoms with Crippen LogP contribution >= 0.6 is 0 Å². The summed E-state index contributed by atoms with van der Waals surface area (Å²) in [7, 11) is 0. The van der Waals surface area contributed by atoms with E-state index < -0.39 is 0 Å². The van der Waals surface area contributed by atoms with Gasteiger partial charge in [-0.2, -0.15) is 0 Å². The van der Waals surface area contributed by atoms with Crippen LogP contribution in [-0.4, -0.2) is 52.3 Å². The highest BCUT2D eigenvalue weighted by molar-refractivity contribution is 6.07. The van der Waals surface area contributed by atoms with Crippen molar-refractivity contribution in [2.45, 2.75) is 24.5 Å². The highest BCUT2D eigenvalue weighted by Gasteiger charge is 2.63. The monoisotopic (exact) mass is 400 g/mol. The molecule has 152 valence electrons. The van der Waals surface area contributed by atoms with Crippen LogP contribution in [0.15, 0.2) is 60.7 Å². The second kappa shape index (κ2) is 6.62. The minimum absolute atomic E-state index is 0.0262. The maximum atomic E-state index is 13.7. The first-order valence-electron chi connectivity index (χ1n) is 10.7. The lowest BCUT2D eigenvalue weighted by molar-refractivity contribution is 0.00156. The Morgan fingerprint density at radius 2 is 1.97 bits per heavy atom. The molecule has 30 heavy (non-hydrogen) atoms. The Morgan fingerprint density at radius 3 is 2.80 bits per heavy atom. The SMILES string of the molecule is O=C(c1cc(-c2ccccc2)nc2ccccc12)N1C[C@H]2[C@@H](CO)[C@@H]3CC[C@@]2(C1)O3. The van der Waals surface area contributed by atoms with Crippen molar-refractivity contribution >= 4 is 16.8 Å². The predicted molar refractivity (Wildman–Crippen MR) is 114 cm³/mol. The van der Waals surface area contributed by atoms with Crippen molar-refractivity contribution in [1.29, 1.82) is 0 Å². The Balaban J connectivity index is 1.40. The molecule has 0 radical (unpaired) electrons. The Kier molecular flexibility index (Phi) is 3.98. The van der Waals surface area contributed by atoms with E-state index in [-0.39, 0.29) is 36.1 Å². The summed E-state index contributed by atoms with van der Waals surface area (Å²) in [5.74, 6) is 0.399. The van der Waals surface area contributed by atoms with Gasteiger partial charge in [0.2, 0.25) is 0 Å². The molecule has 1 aromatic heterocycles. The highest BCUT2D eigenvalue weighted by Crippen LogP contribution is 2.54. The van der Waals surface area contributed by atoms with Crippen LogP contribution in [0.25, 0.3) is 22.2 Å². The predicted octanol–water partition coefficient (Wildman–Crippen LogP) is 3.51. The fourth-order valence-corrected chi connectivity index (χ4v) is 5.87. The van der Waals surface area contributed by atoms with Gasteiger partial charge in [-0.3, -0.25) is 4.79 Å². The molecule has 3 fully saturated rings. The normalized spacial score (nSPS) is 29.5. The number of benzene rings is 2. The van der Waals surface area contributed by atoms with Gasteiger partial charge in [-0.1, -0.05) is 48.5 Å². The number of aliphatic hydroxyl groups excluding tert-OH is 1. The number of likely N-dealkylation sites (tertiary alicyclic amines) is 1. The fourth-order valence-electron chi connectivity index (χ4n) is 5.87. The van der Waals surface area contributed by atoms with Gasteiger partial charge in [0, 0.05) is 35.9 Å². The number of nitrogens with zero attached hydrogens (tertiary/aromatic N) is 2. The zero-order chi connectivity index (χ0) is 20.3. The Bertz CT molecular complexity index is 1130. The van der Waals surface area contributed by atoms with Gasteiger partial charge in [-0.05, 0) is 25.0 Å². The van der Waals surface area contributed by atoms with Crippen LogP contribution in [0.3, 0.4) is 0 Å². The lowest BCUT2D eigenvalue weighted by Crippen LogP contribution is -2.38. The van der Waals surface area contributed by atoms with E-state index in [1.807, 2.05) is 65.6 Å². The van der Waals surface area contributed by atoms with Crippen molar-refractivity contribution in [1.82, 2.24) is 9.88 Å². The molecule has 3 aliphatic rings. The second-order valence-corrected chi connectivity index (χ2v) is 8.84. The lowest BCUT2D eigenvalue weighted by Gasteiger charge is -2.27. The van der Waals surface area contributed by atoms with E-state index in [1.54, 1.807) is 0 Å². The molecule has 3 saturated heterocycles. The van der Waals surface area contributed by atoms with Crippen LogP contribution in [0.2, 0.25) is 0 Å². The number of fused-ring (bicyclic) bond motifs is 2. The number of carbonyl (C=O) groups is 1. The number of para-hydroxylation sites is 1. The topological polar surface area (TPSA) is 62.7 Å². The van der Waals surface area contributed by atoms with E-state index in [9.17, 15) is 9.90 Å². The van der Waals surface area contributed by atoms with Gasteiger partial charge in [0.05, 0.1) is 35.0 Å². The molecular weight excluding hydrogens is 376 g/mol. The standard InChI is InChI=1S/C25H24N2O3/c28-14-19-20-13-27(15-25(20)11-10-23(19)30-25)24(29)18-12-22(16-6-2-1-3-7-16)26-21-9-5-4-8-17(18)21/h1-9,12,19-20,23,28H,10-11,13-15H2/t19-,20+,23+,25+/m1/s1. The minimum atomic E-state index is -0.265. The average molecular weight is 400 g/mol. The molecule has 6 rings (SSSR count). The molecule has 5 heteroatoms. The highest BCUT2D eigenvalue weighted by atomic mass is 16.5. The summed E-state index contributed by atoms with van der Waals surface area (Å²) in [5, 5.41) is 10.8. The van der Waals surface area contributed by atoms with Crippen LogP contribution in [0.4, 0.5) is 0 Å². The first kappa shape index (κ1) is 18.0. The van der Waals surface area contributed by atoms with Crippen LogP contribution in [0, 0.1) is 11.8 Å². The van der Waals surface area contributed by atoms with Gasteiger partial charge in [0.15, 0.2) is 0 Å². The van der Waals surface area contributed by atoms with E-state index in [2.05, 4.69) is 0 Å². The summed E-state index contributed by atoms with van der Waals surface area (Å²) >= 11 is 0. The van der Waals surface area contributed by atoms with Gasteiger partial charge in [-0.25, -0.2) is 4.98 Å². The summed E-state index contributed by atoms with van der Waals surface area (Å²) in [6.45, 7) is 1.40. The van der Waals surface area contributed by atoms with Gasteiger partial charge in [0.25, 0.3) is 5.91 Å². The van der Waals surface area contributed by atoms with Crippen molar-refractivity contribution in [3.63, 3.8) is 0 Å². The van der Waals surface area contributed by atoms with Gasteiger partial charge in [-0.15, -0.1) is 0 Å². The average Bonchev–Trinajstić information content (AvgIpc) is 3.46. The number of aliphatic hydroxyl groups is 1. The molecule has 2 aromatic carbocycles. The van der Waals surface area contributed by atoms with E-state index in [0.717, 1.165) is 35.0 Å². The number of amides is 1. The third-order valence-corrected chi connectivity index (χ3v) is 7.30. The molecule has 4 atom stereocenters. The molecule has 2 bridgehead atoms. The Labute approximate surface area is 175 Å². The second-order valence-electron chi connectivity index (χ2n) is 8.84. The quantitative estimate of drug-likeness (QED) is 0.731. The molecule has 1 N–H and O–H groups in total. The summed E-state index contributed by atoms with van der Waals surface area (Å²) in [4.78, 5) is 20.5. The largest absolute Gasteiger partial charge is 0.396 e. The molecule has 5 nitrogen and oxygen atoms in total. The lowest BCUT2D eigenvalue weighted by atomic mass is 9.74. The fraction of sp³-hybridized carbons (Fsp3) is 0.360. The number of pyridine rings is 1. The van der Waals surface area contributed by atoms with E-state index in [0.29, 0.717) is 18.7 Å². The summed E-state index contributed by atoms with van der Waals surface area (Å²) in [6, 6.07) is 19.7. The van der Waals surface area contributed by atoms with Crippen molar-refractivity contribution < 1.29 is 14.6 Å². The number of hydrogen-bond acceptors (Lipinski definition) is 4. The van der Waals surface area contributed by atoms with Crippen molar-refractivity contribution in [3.05, 3.63) is 66.2 Å². The molecule has 3 aromatic rings. The zero-order valence-electron chi connectivity index (χ0n) is 16.7. The molecular formula is C25H24N2O3. The van der Waals surface area contributed by atoms with E-state index in [1.165, 1.54) is 0 Å². The number of ether oxygens (including phenoxy) is 1. The van der Waals surface area contributed by atoms with Crippen LogP contribution in [-0.2, 0) is 4.74 Å². The van der Waals surface area contributed by atoms with Crippen molar-refractivity contribution in [2.24, 2.45) is 11.8 Å². The molecule has 0 unspecified atom stereocenters. The van der Waals surface area contributed by atoms with Gasteiger partial charge in [0.1, 0.15) is 0 Å². The zero-order valence-corrected chi connectivity index (χ0v) is 16.7. The smallest absolute Gasteiger partial charge is 0.254 e. The molecule has 1 amide bonds. The van der Waals surface area contributed by atoms with Crippen molar-refractivity contribution in [2.75, 3.05) is 19.7 Å². The first-order valence-corrected chi connectivity index (χ1v) is 10.7. The molecule has 0 aliphatic carbocycles. The summed E-state index contributed by atoms with van der Waals surface area (Å²) in [6.07, 6.45) is 2.12. The number of aromatic nitrogens is 1. The molecule has 3 aliphatic heterocycles. The van der Waals surface area contributed by atoms with Crippen LogP contribution in [0.5, 0.6) is 0 Å². The van der Waals surface area contributed by atoms with Gasteiger partial charge >= 0.3 is 0 Å². The molecule has 4 heterocycles. The molecule has 0 saturated carbocycles. The summed E-state index contributed by atoms with van der Waals surface area (Å²) in [5.41, 5.74) is 3.05. The Hall–Kier alpha value is -2.76. The first-order chi connectivity index (χ1) is 14.7. The van der Waals surface area contributed by atoms with Crippen molar-refractivity contribution in [3.8, 4) is 11.3 Å². The Morgan fingerprint density at radius 1 is 1.17 bits per heavy atom. The van der Waals surface area contributed by atoms with Crippen LogP contribution in [0.1, 0.15) is 23.2 Å². The molecule has 1 spiro atoms. The van der Waals surface area contributed by atoms with Crippen LogP contribution < -0.4 is 0 Å². The number of rotatable bonds is 3. The number of hydrogen-bond donors (Lipinski definition) is 1. The summed E-state index contributed by atoms with van der Waals surface area (Å²) < 4.78 is 6.32. The van der Waals surface area contributed by atoms with E-state index in [4.69, 9.17) is 9.72 Å². The van der Waals surface area contributed by atoms with E-state index >= 15 is 0 Å². The maximum Gasteiger partial charge on any atom is 0.254 e. The number of carbonyl (C=O) groups excluding carboxylic acids is 1. The maximum absolute atomic E-state index is 13.7.